The number of aliphatic hydroxyl groups excluding tert-OH is 3. The third kappa shape index (κ3) is 3.59. The Hall–Kier alpha value is -1.06. The maximum absolute atomic E-state index is 12.6. The molecule has 0 radical (unpaired) electrons. The summed E-state index contributed by atoms with van der Waals surface area (Å²) in [5, 5.41) is 39.6. The Labute approximate surface area is 194 Å². The molecule has 2 unspecified atom stereocenters. The maximum atomic E-state index is 12.6. The molecule has 4 N–H and O–H groups in total. The normalized spacial score (nSPS) is 54.3. The molecule has 8 nitrogen and oxygen atoms in total. The minimum atomic E-state index is -1.71. The molecule has 0 aromatic carbocycles. The average Bonchev–Trinajstić information content (AvgIpc) is 3.08. The number of Topliss-reactive ketones (excluding diaryl/α,β-unsaturated/α-hetero) is 1. The molecule has 1 heterocycles. The summed E-state index contributed by atoms with van der Waals surface area (Å²) in [6.07, 6.45) is 0.719. The average molecular weight is 467 g/mol. The number of hydrogen-bond acceptors (Lipinski definition) is 7. The highest BCUT2D eigenvalue weighted by molar-refractivity contribution is 5.87. The third-order valence-corrected chi connectivity index (χ3v) is 10.5. The molecule has 8 heteroatoms. The molecule has 0 aromatic heterocycles. The summed E-state index contributed by atoms with van der Waals surface area (Å²) in [6, 6.07) is 0. The third-order valence-electron chi connectivity index (χ3n) is 10.5. The largest absolute Gasteiger partial charge is 0.479 e. The second-order valence-corrected chi connectivity index (χ2v) is 11.8. The molecule has 0 spiro atoms. The molecule has 1 saturated heterocycles. The van der Waals surface area contributed by atoms with Crippen LogP contribution >= 0.6 is 0 Å². The standard InChI is InChI=1S/C25H38O8/c1-24-9-7-13(32-23-20(29)18(27)19(28)21(33-23)22(30)31)11-12(24)3-4-14-15-5-6-17(26)25(15,2)10-8-16(14)24/h12-16,18-21,23,27-29H,3-11H2,1-2H3,(H,30,31)/t12-,13?,14-,15-,16-,18-,19-,20+,21-,23?,24-,25-/m0/s1. The van der Waals surface area contributed by atoms with E-state index in [1.54, 1.807) is 0 Å². The first-order valence-corrected chi connectivity index (χ1v) is 12.7. The number of carbonyl (C=O) groups is 2. The van der Waals surface area contributed by atoms with Gasteiger partial charge in [0.2, 0.25) is 0 Å². The van der Waals surface area contributed by atoms with Crippen LogP contribution in [0, 0.1) is 34.5 Å². The van der Waals surface area contributed by atoms with Crippen LogP contribution in [0.4, 0.5) is 0 Å². The van der Waals surface area contributed by atoms with Crippen LogP contribution in [0.15, 0.2) is 0 Å². The Kier molecular flexibility index (Phi) is 5.93. The maximum Gasteiger partial charge on any atom is 0.335 e. The molecule has 12 atom stereocenters. The van der Waals surface area contributed by atoms with E-state index in [1.165, 1.54) is 0 Å². The van der Waals surface area contributed by atoms with Crippen LogP contribution in [-0.2, 0) is 19.1 Å². The molecule has 33 heavy (non-hydrogen) atoms. The van der Waals surface area contributed by atoms with Crippen LogP contribution in [0.3, 0.4) is 0 Å². The van der Waals surface area contributed by atoms with Crippen LogP contribution in [0.5, 0.6) is 0 Å². The Morgan fingerprint density at radius 2 is 1.73 bits per heavy atom. The van der Waals surface area contributed by atoms with Crippen molar-refractivity contribution >= 4 is 11.8 Å². The number of carbonyl (C=O) groups excluding carboxylic acids is 1. The molecular weight excluding hydrogens is 428 g/mol. The van der Waals surface area contributed by atoms with Crippen molar-refractivity contribution in [2.75, 3.05) is 0 Å². The predicted molar refractivity (Wildman–Crippen MR) is 116 cm³/mol. The van der Waals surface area contributed by atoms with Crippen molar-refractivity contribution in [1.82, 2.24) is 0 Å². The number of ether oxygens (including phenoxy) is 2. The van der Waals surface area contributed by atoms with E-state index < -0.39 is 36.7 Å². The summed E-state index contributed by atoms with van der Waals surface area (Å²) >= 11 is 0. The number of carboxylic acid groups (broad SMARTS) is 1. The van der Waals surface area contributed by atoms with E-state index in [0.717, 1.165) is 57.8 Å². The van der Waals surface area contributed by atoms with E-state index in [0.29, 0.717) is 29.5 Å². The van der Waals surface area contributed by atoms with Crippen molar-refractivity contribution in [2.24, 2.45) is 34.5 Å². The first kappa shape index (κ1) is 23.7. The van der Waals surface area contributed by atoms with Gasteiger partial charge in [-0.05, 0) is 80.5 Å². The van der Waals surface area contributed by atoms with E-state index in [1.807, 2.05) is 0 Å². The van der Waals surface area contributed by atoms with Crippen molar-refractivity contribution in [2.45, 2.75) is 108 Å². The first-order valence-electron chi connectivity index (χ1n) is 12.7. The highest BCUT2D eigenvalue weighted by Crippen LogP contribution is 2.65. The smallest absolute Gasteiger partial charge is 0.335 e. The highest BCUT2D eigenvalue weighted by atomic mass is 16.7. The van der Waals surface area contributed by atoms with Crippen molar-refractivity contribution in [3.05, 3.63) is 0 Å². The summed E-state index contributed by atoms with van der Waals surface area (Å²) in [7, 11) is 0. The highest BCUT2D eigenvalue weighted by Gasteiger charge is 2.60. The van der Waals surface area contributed by atoms with E-state index in [9.17, 15) is 30.0 Å². The molecule has 5 fully saturated rings. The molecule has 4 saturated carbocycles. The lowest BCUT2D eigenvalue weighted by molar-refractivity contribution is -0.309. The second-order valence-electron chi connectivity index (χ2n) is 11.8. The van der Waals surface area contributed by atoms with E-state index in [4.69, 9.17) is 9.47 Å². The van der Waals surface area contributed by atoms with Crippen molar-refractivity contribution in [3.8, 4) is 0 Å². The van der Waals surface area contributed by atoms with Crippen molar-refractivity contribution in [3.63, 3.8) is 0 Å². The lowest BCUT2D eigenvalue weighted by Gasteiger charge is -2.60. The Balaban J connectivity index is 1.26. The van der Waals surface area contributed by atoms with Crippen molar-refractivity contribution < 1.29 is 39.5 Å². The molecule has 5 aliphatic rings. The molecule has 5 rings (SSSR count). The lowest BCUT2D eigenvalue weighted by atomic mass is 9.45. The Morgan fingerprint density at radius 3 is 2.45 bits per heavy atom. The van der Waals surface area contributed by atoms with Gasteiger partial charge in [-0.15, -0.1) is 0 Å². The summed E-state index contributed by atoms with van der Waals surface area (Å²) in [6.45, 7) is 4.62. The van der Waals surface area contributed by atoms with Gasteiger partial charge in [0.25, 0.3) is 0 Å². The van der Waals surface area contributed by atoms with Gasteiger partial charge in [0.15, 0.2) is 12.4 Å². The summed E-state index contributed by atoms with van der Waals surface area (Å²) in [5.41, 5.74) is 0.0757. The molecule has 0 aromatic rings. The van der Waals surface area contributed by atoms with Gasteiger partial charge in [-0.1, -0.05) is 13.8 Å². The SMILES string of the molecule is C[C@]12CCC(OC3O[C@H](C(=O)O)[C@@H](O)[C@H](O)[C@H]3O)C[C@@H]1CC[C@@H]1[C@@H]2CC[C@]2(C)C(=O)CC[C@@H]12. The number of aliphatic carboxylic acids is 1. The molecule has 186 valence electrons. The number of hydrogen-bond donors (Lipinski definition) is 4. The van der Waals surface area contributed by atoms with Crippen LogP contribution in [0.1, 0.15) is 71.6 Å². The fourth-order valence-corrected chi connectivity index (χ4v) is 8.47. The van der Waals surface area contributed by atoms with Crippen LogP contribution in [-0.4, -0.2) is 69.0 Å². The van der Waals surface area contributed by atoms with Crippen LogP contribution in [0.25, 0.3) is 0 Å². The fourth-order valence-electron chi connectivity index (χ4n) is 8.47. The monoisotopic (exact) mass is 466 g/mol. The number of rotatable bonds is 3. The quantitative estimate of drug-likeness (QED) is 0.463. The summed E-state index contributed by atoms with van der Waals surface area (Å²) in [5.74, 6) is 1.28. The Morgan fingerprint density at radius 1 is 0.970 bits per heavy atom. The molecule has 1 aliphatic heterocycles. The predicted octanol–water partition coefficient (Wildman–Crippen LogP) is 1.88. The van der Waals surface area contributed by atoms with E-state index >= 15 is 0 Å². The van der Waals surface area contributed by atoms with Gasteiger partial charge in [0.1, 0.15) is 24.1 Å². The van der Waals surface area contributed by atoms with Gasteiger partial charge in [-0.2, -0.15) is 0 Å². The summed E-state index contributed by atoms with van der Waals surface area (Å²) in [4.78, 5) is 24.0. The van der Waals surface area contributed by atoms with Gasteiger partial charge in [-0.3, -0.25) is 4.79 Å². The minimum absolute atomic E-state index is 0.120. The van der Waals surface area contributed by atoms with Gasteiger partial charge in [0.05, 0.1) is 6.10 Å². The van der Waals surface area contributed by atoms with Crippen molar-refractivity contribution in [1.29, 1.82) is 0 Å². The lowest BCUT2D eigenvalue weighted by Crippen LogP contribution is -2.61. The molecule has 4 aliphatic carbocycles. The molecule has 0 bridgehead atoms. The zero-order valence-electron chi connectivity index (χ0n) is 19.6. The minimum Gasteiger partial charge on any atom is -0.479 e. The summed E-state index contributed by atoms with van der Waals surface area (Å²) < 4.78 is 11.4. The van der Waals surface area contributed by atoms with E-state index in [-0.39, 0.29) is 16.9 Å². The number of aliphatic hydroxyl groups is 3. The Bertz CT molecular complexity index is 801. The number of ketones is 1. The number of carboxylic acids is 1. The van der Waals surface area contributed by atoms with Gasteiger partial charge >= 0.3 is 5.97 Å². The van der Waals surface area contributed by atoms with Gasteiger partial charge < -0.3 is 29.9 Å². The van der Waals surface area contributed by atoms with Gasteiger partial charge in [-0.25, -0.2) is 4.79 Å². The van der Waals surface area contributed by atoms with E-state index in [2.05, 4.69) is 13.8 Å². The fraction of sp³-hybridized carbons (Fsp3) is 0.920. The topological polar surface area (TPSA) is 134 Å². The first-order chi connectivity index (χ1) is 15.6. The number of fused-ring (bicyclic) bond motifs is 5. The second kappa shape index (κ2) is 8.26. The van der Waals surface area contributed by atoms with Crippen LogP contribution < -0.4 is 0 Å². The molecule has 0 amide bonds. The zero-order valence-corrected chi connectivity index (χ0v) is 19.6. The van der Waals surface area contributed by atoms with Crippen LogP contribution in [0.2, 0.25) is 0 Å². The zero-order chi connectivity index (χ0) is 23.7. The molecular formula is C25H38O8. The van der Waals surface area contributed by atoms with Gasteiger partial charge in [0, 0.05) is 11.8 Å².